The minimum Gasteiger partial charge on any atom is -0.466 e. The van der Waals surface area contributed by atoms with Gasteiger partial charge in [-0.2, -0.15) is 0 Å². The second kappa shape index (κ2) is 9.97. The topological polar surface area (TPSA) is 96.4 Å². The quantitative estimate of drug-likeness (QED) is 0.286. The van der Waals surface area contributed by atoms with E-state index in [4.69, 9.17) is 21.1 Å². The molecule has 34 heavy (non-hydrogen) atoms. The molecule has 2 amide bonds. The summed E-state index contributed by atoms with van der Waals surface area (Å²) in [5.41, 5.74) is -0.700. The number of halogens is 2. The average Bonchev–Trinajstić information content (AvgIpc) is 3.40. The first kappa shape index (κ1) is 25.2. The largest absolute Gasteiger partial charge is 0.466 e. The summed E-state index contributed by atoms with van der Waals surface area (Å²) in [5.74, 6) is -2.85. The SMILES string of the molecule is C=CCN(C(=O)C1N(CCCO)C(=O)[C@@H]2[C@H](C(=O)OCC)[C@H]3OC12CC3Br)c1ccccc1Cl. The van der Waals surface area contributed by atoms with Crippen LogP contribution >= 0.6 is 27.5 Å². The summed E-state index contributed by atoms with van der Waals surface area (Å²) < 4.78 is 11.7. The Morgan fingerprint density at radius 1 is 1.44 bits per heavy atom. The number of alkyl halides is 1. The maximum Gasteiger partial charge on any atom is 0.312 e. The first-order chi connectivity index (χ1) is 16.3. The molecule has 3 saturated heterocycles. The highest BCUT2D eigenvalue weighted by Crippen LogP contribution is 2.60. The number of hydrogen-bond donors (Lipinski definition) is 1. The number of amides is 2. The Morgan fingerprint density at radius 3 is 2.82 bits per heavy atom. The number of fused-ring (bicyclic) bond motifs is 1. The summed E-state index contributed by atoms with van der Waals surface area (Å²) in [4.78, 5) is 43.6. The summed E-state index contributed by atoms with van der Waals surface area (Å²) in [5, 5.41) is 9.84. The molecule has 0 aromatic heterocycles. The molecular weight excluding hydrogens is 528 g/mol. The van der Waals surface area contributed by atoms with Crippen LogP contribution < -0.4 is 4.90 Å². The van der Waals surface area contributed by atoms with Gasteiger partial charge in [0, 0.05) is 24.5 Å². The van der Waals surface area contributed by atoms with Gasteiger partial charge in [0.25, 0.3) is 5.91 Å². The van der Waals surface area contributed by atoms with Crippen molar-refractivity contribution < 1.29 is 29.0 Å². The number of nitrogens with zero attached hydrogens (tertiary/aromatic N) is 2. The third-order valence-electron chi connectivity index (χ3n) is 6.86. The molecule has 1 aromatic rings. The number of anilines is 1. The number of carbonyl (C=O) groups is 3. The van der Waals surface area contributed by atoms with Gasteiger partial charge in [-0.3, -0.25) is 14.4 Å². The molecule has 3 aliphatic rings. The van der Waals surface area contributed by atoms with Crippen molar-refractivity contribution in [3.05, 3.63) is 41.9 Å². The van der Waals surface area contributed by atoms with E-state index in [9.17, 15) is 19.5 Å². The lowest BCUT2D eigenvalue weighted by Gasteiger charge is -2.37. The van der Waals surface area contributed by atoms with E-state index in [0.717, 1.165) is 0 Å². The summed E-state index contributed by atoms with van der Waals surface area (Å²) >= 11 is 10.0. The van der Waals surface area contributed by atoms with Crippen LogP contribution in [0.1, 0.15) is 19.8 Å². The lowest BCUT2D eigenvalue weighted by atomic mass is 9.70. The standard InChI is InChI=1S/C24H28BrClN2O6/c1-3-10-27(16-9-6-5-8-15(16)26)22(31)20-24-13-14(25)19(34-24)17(23(32)33-4-2)18(24)21(30)28(20)11-7-12-29/h3,5-6,8-9,14,17-20,29H,1,4,7,10-13H2,2H3/t14?,17-,18-,19-,20?,24?/m0/s1. The van der Waals surface area contributed by atoms with Crippen LogP contribution in [0.4, 0.5) is 5.69 Å². The van der Waals surface area contributed by atoms with Crippen LogP contribution in [-0.2, 0) is 23.9 Å². The highest BCUT2D eigenvalue weighted by Gasteiger charge is 2.77. The van der Waals surface area contributed by atoms with E-state index >= 15 is 0 Å². The molecule has 6 atom stereocenters. The van der Waals surface area contributed by atoms with E-state index in [0.29, 0.717) is 17.1 Å². The monoisotopic (exact) mass is 554 g/mol. The van der Waals surface area contributed by atoms with E-state index in [1.807, 2.05) is 0 Å². The number of rotatable bonds is 9. The highest BCUT2D eigenvalue weighted by molar-refractivity contribution is 9.09. The predicted octanol–water partition coefficient (Wildman–Crippen LogP) is 2.55. The first-order valence-corrected chi connectivity index (χ1v) is 12.7. The van der Waals surface area contributed by atoms with Crippen LogP contribution in [0.15, 0.2) is 36.9 Å². The Morgan fingerprint density at radius 2 is 2.18 bits per heavy atom. The van der Waals surface area contributed by atoms with Crippen LogP contribution in [0.2, 0.25) is 5.02 Å². The predicted molar refractivity (Wildman–Crippen MR) is 130 cm³/mol. The lowest BCUT2D eigenvalue weighted by Crippen LogP contribution is -2.57. The zero-order valence-corrected chi connectivity index (χ0v) is 21.2. The number of ether oxygens (including phenoxy) is 2. The van der Waals surface area contributed by atoms with Crippen molar-refractivity contribution in [1.82, 2.24) is 4.90 Å². The molecule has 0 saturated carbocycles. The van der Waals surface area contributed by atoms with Gasteiger partial charge in [0.05, 0.1) is 35.3 Å². The van der Waals surface area contributed by atoms with Gasteiger partial charge in [-0.05, 0) is 31.9 Å². The zero-order chi connectivity index (χ0) is 24.6. The van der Waals surface area contributed by atoms with Crippen LogP contribution in [0, 0.1) is 11.8 Å². The summed E-state index contributed by atoms with van der Waals surface area (Å²) in [6.07, 6.45) is 1.70. The van der Waals surface area contributed by atoms with Crippen molar-refractivity contribution in [2.75, 3.05) is 31.2 Å². The molecule has 2 bridgehead atoms. The number of esters is 1. The molecule has 1 aromatic carbocycles. The Labute approximate surface area is 211 Å². The van der Waals surface area contributed by atoms with Gasteiger partial charge in [0.15, 0.2) is 0 Å². The molecule has 0 aliphatic carbocycles. The fraction of sp³-hybridized carbons (Fsp3) is 0.542. The van der Waals surface area contributed by atoms with Crippen molar-refractivity contribution in [2.24, 2.45) is 11.8 Å². The van der Waals surface area contributed by atoms with E-state index in [2.05, 4.69) is 22.5 Å². The number of aliphatic hydroxyl groups is 1. The van der Waals surface area contributed by atoms with Crippen LogP contribution in [0.5, 0.6) is 0 Å². The molecule has 3 fully saturated rings. The van der Waals surface area contributed by atoms with Crippen molar-refractivity contribution in [3.8, 4) is 0 Å². The molecule has 8 nitrogen and oxygen atoms in total. The molecular formula is C24H28BrClN2O6. The summed E-state index contributed by atoms with van der Waals surface area (Å²) in [6.45, 7) is 5.85. The maximum absolute atomic E-state index is 14.2. The number of para-hydroxylation sites is 1. The maximum atomic E-state index is 14.2. The molecule has 184 valence electrons. The Kier molecular flexibility index (Phi) is 7.38. The molecule has 4 rings (SSSR count). The molecule has 1 spiro atoms. The highest BCUT2D eigenvalue weighted by atomic mass is 79.9. The van der Waals surface area contributed by atoms with E-state index in [1.165, 1.54) is 9.80 Å². The minimum atomic E-state index is -1.19. The molecule has 10 heteroatoms. The Bertz CT molecular complexity index is 992. The van der Waals surface area contributed by atoms with E-state index in [-0.39, 0.29) is 49.4 Å². The van der Waals surface area contributed by atoms with Crippen molar-refractivity contribution >= 4 is 51.0 Å². The number of carbonyl (C=O) groups excluding carboxylic acids is 3. The summed E-state index contributed by atoms with van der Waals surface area (Å²) in [7, 11) is 0. The van der Waals surface area contributed by atoms with Crippen molar-refractivity contribution in [3.63, 3.8) is 0 Å². The molecule has 3 heterocycles. The van der Waals surface area contributed by atoms with Gasteiger partial charge in [-0.1, -0.05) is 45.7 Å². The molecule has 0 radical (unpaired) electrons. The van der Waals surface area contributed by atoms with Crippen molar-refractivity contribution in [2.45, 2.75) is 42.3 Å². The fourth-order valence-electron chi connectivity index (χ4n) is 5.65. The van der Waals surface area contributed by atoms with E-state index in [1.54, 1.807) is 37.3 Å². The Hall–Kier alpha value is -1.94. The van der Waals surface area contributed by atoms with Gasteiger partial charge < -0.3 is 24.4 Å². The number of hydrogen-bond acceptors (Lipinski definition) is 6. The number of aliphatic hydroxyl groups excluding tert-OH is 1. The third-order valence-corrected chi connectivity index (χ3v) is 8.02. The molecule has 3 aliphatic heterocycles. The van der Waals surface area contributed by atoms with Crippen LogP contribution in [-0.4, -0.2) is 76.7 Å². The second-order valence-corrected chi connectivity index (χ2v) is 10.3. The zero-order valence-electron chi connectivity index (χ0n) is 18.9. The lowest BCUT2D eigenvalue weighted by molar-refractivity contribution is -0.154. The van der Waals surface area contributed by atoms with Gasteiger partial charge in [-0.15, -0.1) is 6.58 Å². The fourth-order valence-corrected chi connectivity index (χ4v) is 6.83. The molecule has 1 N–H and O–H groups in total. The van der Waals surface area contributed by atoms with Gasteiger partial charge >= 0.3 is 5.97 Å². The van der Waals surface area contributed by atoms with Gasteiger partial charge in [0.2, 0.25) is 5.91 Å². The minimum absolute atomic E-state index is 0.144. The Balaban J connectivity index is 1.80. The van der Waals surface area contributed by atoms with E-state index < -0.39 is 35.6 Å². The number of likely N-dealkylation sites (tertiary alicyclic amines) is 1. The normalized spacial score (nSPS) is 31.5. The smallest absolute Gasteiger partial charge is 0.312 e. The average molecular weight is 556 g/mol. The first-order valence-electron chi connectivity index (χ1n) is 11.4. The number of benzene rings is 1. The van der Waals surface area contributed by atoms with Gasteiger partial charge in [0.1, 0.15) is 11.6 Å². The van der Waals surface area contributed by atoms with Gasteiger partial charge in [-0.25, -0.2) is 0 Å². The second-order valence-electron chi connectivity index (χ2n) is 8.71. The summed E-state index contributed by atoms with van der Waals surface area (Å²) in [6, 6.07) is 5.98. The van der Waals surface area contributed by atoms with Crippen LogP contribution in [0.25, 0.3) is 0 Å². The van der Waals surface area contributed by atoms with Crippen LogP contribution in [0.3, 0.4) is 0 Å². The third kappa shape index (κ3) is 3.86. The van der Waals surface area contributed by atoms with Crippen molar-refractivity contribution in [1.29, 1.82) is 0 Å². The molecule has 3 unspecified atom stereocenters.